The van der Waals surface area contributed by atoms with E-state index >= 15 is 0 Å². The van der Waals surface area contributed by atoms with Gasteiger partial charge in [-0.2, -0.15) is 0 Å². The van der Waals surface area contributed by atoms with Crippen LogP contribution >= 0.6 is 0 Å². The van der Waals surface area contributed by atoms with Gasteiger partial charge in [-0.05, 0) is 31.5 Å². The van der Waals surface area contributed by atoms with E-state index < -0.39 is 12.0 Å². The van der Waals surface area contributed by atoms with Crippen LogP contribution in [0.2, 0.25) is 0 Å². The second kappa shape index (κ2) is 6.99. The number of esters is 1. The lowest BCUT2D eigenvalue weighted by atomic mass is 10.0. The summed E-state index contributed by atoms with van der Waals surface area (Å²) >= 11 is 0. The lowest BCUT2D eigenvalue weighted by Gasteiger charge is -2.17. The number of benzene rings is 1. The highest BCUT2D eigenvalue weighted by molar-refractivity contribution is 5.76. The molecular formula is C14H21NO4. The Morgan fingerprint density at radius 2 is 1.79 bits per heavy atom. The molecule has 1 atom stereocenters. The first kappa shape index (κ1) is 15.3. The Balaban J connectivity index is 3.01. The highest BCUT2D eigenvalue weighted by Gasteiger charge is 2.20. The van der Waals surface area contributed by atoms with Gasteiger partial charge in [0, 0.05) is 12.0 Å². The number of carbonyl (C=O) groups excluding carboxylic acids is 1. The van der Waals surface area contributed by atoms with Gasteiger partial charge in [0.05, 0.1) is 20.8 Å². The summed E-state index contributed by atoms with van der Waals surface area (Å²) < 4.78 is 15.5. The first-order valence-corrected chi connectivity index (χ1v) is 6.17. The zero-order valence-electron chi connectivity index (χ0n) is 11.9. The van der Waals surface area contributed by atoms with E-state index in [1.165, 1.54) is 0 Å². The molecule has 5 nitrogen and oxygen atoms in total. The maximum atomic E-state index is 11.6. The molecule has 0 aliphatic heterocycles. The lowest BCUT2D eigenvalue weighted by Crippen LogP contribution is -2.34. The predicted octanol–water partition coefficient (Wildman–Crippen LogP) is 1.45. The van der Waals surface area contributed by atoms with Gasteiger partial charge in [-0.1, -0.05) is 0 Å². The van der Waals surface area contributed by atoms with E-state index in [1.807, 2.05) is 19.1 Å². The maximum Gasteiger partial charge on any atom is 0.323 e. The number of rotatable bonds is 6. The molecule has 0 saturated heterocycles. The molecule has 1 aromatic carbocycles. The molecule has 0 spiro atoms. The average molecular weight is 267 g/mol. The predicted molar refractivity (Wildman–Crippen MR) is 72.6 cm³/mol. The van der Waals surface area contributed by atoms with Crippen LogP contribution < -0.4 is 15.2 Å². The molecule has 2 N–H and O–H groups in total. The van der Waals surface area contributed by atoms with Crippen molar-refractivity contribution in [2.45, 2.75) is 26.3 Å². The molecule has 0 bridgehead atoms. The third kappa shape index (κ3) is 3.86. The summed E-state index contributed by atoms with van der Waals surface area (Å²) in [5.74, 6) is 0.903. The van der Waals surface area contributed by atoms with Crippen LogP contribution in [0.3, 0.4) is 0 Å². The van der Waals surface area contributed by atoms with E-state index in [1.54, 1.807) is 21.1 Å². The topological polar surface area (TPSA) is 70.8 Å². The van der Waals surface area contributed by atoms with E-state index in [0.717, 1.165) is 11.1 Å². The Labute approximate surface area is 113 Å². The van der Waals surface area contributed by atoms with Crippen LogP contribution in [0.4, 0.5) is 0 Å². The molecule has 0 amide bonds. The maximum absolute atomic E-state index is 11.6. The van der Waals surface area contributed by atoms with E-state index in [-0.39, 0.29) is 0 Å². The number of nitrogens with two attached hydrogens (primary N) is 1. The number of carbonyl (C=O) groups is 1. The summed E-state index contributed by atoms with van der Waals surface area (Å²) in [7, 11) is 3.15. The van der Waals surface area contributed by atoms with Crippen LogP contribution in [0.1, 0.15) is 18.1 Å². The summed E-state index contributed by atoms with van der Waals surface area (Å²) in [6, 6.07) is 3.04. The summed E-state index contributed by atoms with van der Waals surface area (Å²) in [6.45, 7) is 4.01. The van der Waals surface area contributed by atoms with Gasteiger partial charge in [-0.15, -0.1) is 0 Å². The Bertz CT molecular complexity index is 420. The zero-order valence-corrected chi connectivity index (χ0v) is 11.9. The molecule has 1 unspecified atom stereocenters. The molecule has 5 heteroatoms. The van der Waals surface area contributed by atoms with E-state index in [0.29, 0.717) is 24.5 Å². The van der Waals surface area contributed by atoms with E-state index in [9.17, 15) is 4.79 Å². The third-order valence-corrected chi connectivity index (χ3v) is 2.77. The molecule has 1 rings (SSSR count). The van der Waals surface area contributed by atoms with Crippen LogP contribution in [-0.4, -0.2) is 32.8 Å². The number of ether oxygens (including phenoxy) is 3. The van der Waals surface area contributed by atoms with Crippen molar-refractivity contribution in [1.82, 2.24) is 0 Å². The highest BCUT2D eigenvalue weighted by atomic mass is 16.5. The van der Waals surface area contributed by atoms with Gasteiger partial charge >= 0.3 is 5.97 Å². The summed E-state index contributed by atoms with van der Waals surface area (Å²) in [5.41, 5.74) is 7.63. The van der Waals surface area contributed by atoms with Crippen molar-refractivity contribution < 1.29 is 19.0 Å². The fraction of sp³-hybridized carbons (Fsp3) is 0.500. The molecule has 0 heterocycles. The fourth-order valence-electron chi connectivity index (χ4n) is 1.87. The van der Waals surface area contributed by atoms with Crippen LogP contribution in [0.5, 0.6) is 11.5 Å². The molecule has 19 heavy (non-hydrogen) atoms. The number of methoxy groups -OCH3 is 2. The third-order valence-electron chi connectivity index (χ3n) is 2.77. The van der Waals surface area contributed by atoms with Gasteiger partial charge in [-0.25, -0.2) is 0 Å². The molecule has 0 aliphatic rings. The normalized spacial score (nSPS) is 11.8. The SMILES string of the molecule is CCOC(=O)C(N)Cc1c(OC)cc(C)cc1OC. The van der Waals surface area contributed by atoms with Crippen molar-refractivity contribution >= 4 is 5.97 Å². The van der Waals surface area contributed by atoms with Crippen molar-refractivity contribution in [3.8, 4) is 11.5 Å². The molecule has 0 aliphatic carbocycles. The van der Waals surface area contributed by atoms with Crippen molar-refractivity contribution in [2.24, 2.45) is 5.73 Å². The van der Waals surface area contributed by atoms with Gasteiger partial charge in [0.15, 0.2) is 0 Å². The van der Waals surface area contributed by atoms with Gasteiger partial charge in [0.25, 0.3) is 0 Å². The molecular weight excluding hydrogens is 246 g/mol. The van der Waals surface area contributed by atoms with Crippen LogP contribution in [0.25, 0.3) is 0 Å². The highest BCUT2D eigenvalue weighted by Crippen LogP contribution is 2.31. The number of hydrogen-bond acceptors (Lipinski definition) is 5. The molecule has 106 valence electrons. The summed E-state index contributed by atoms with van der Waals surface area (Å²) in [5, 5.41) is 0. The minimum atomic E-state index is -0.731. The standard InChI is InChI=1S/C14H21NO4/c1-5-19-14(16)11(15)8-10-12(17-3)6-9(2)7-13(10)18-4/h6-7,11H,5,8,15H2,1-4H3. The molecule has 0 aromatic heterocycles. The minimum Gasteiger partial charge on any atom is -0.496 e. The molecule has 1 aromatic rings. The first-order chi connectivity index (χ1) is 9.03. The van der Waals surface area contributed by atoms with Crippen LogP contribution in [0, 0.1) is 6.92 Å². The van der Waals surface area contributed by atoms with Crippen LogP contribution in [0.15, 0.2) is 12.1 Å². The zero-order chi connectivity index (χ0) is 14.4. The Hall–Kier alpha value is -1.75. The molecule has 0 radical (unpaired) electrons. The van der Waals surface area contributed by atoms with Crippen molar-refractivity contribution in [1.29, 1.82) is 0 Å². The Morgan fingerprint density at radius 1 is 1.26 bits per heavy atom. The van der Waals surface area contributed by atoms with Gasteiger partial charge < -0.3 is 19.9 Å². The van der Waals surface area contributed by atoms with Crippen molar-refractivity contribution in [3.05, 3.63) is 23.3 Å². The first-order valence-electron chi connectivity index (χ1n) is 6.17. The van der Waals surface area contributed by atoms with Gasteiger partial charge in [0.1, 0.15) is 17.5 Å². The summed E-state index contributed by atoms with van der Waals surface area (Å²) in [4.78, 5) is 11.6. The summed E-state index contributed by atoms with van der Waals surface area (Å²) in [6.07, 6.45) is 0.311. The lowest BCUT2D eigenvalue weighted by molar-refractivity contribution is -0.144. The second-order valence-corrected chi connectivity index (χ2v) is 4.21. The second-order valence-electron chi connectivity index (χ2n) is 4.21. The number of hydrogen-bond donors (Lipinski definition) is 1. The van der Waals surface area contributed by atoms with E-state index in [2.05, 4.69) is 0 Å². The fourth-order valence-corrected chi connectivity index (χ4v) is 1.87. The smallest absolute Gasteiger partial charge is 0.323 e. The minimum absolute atomic E-state index is 0.311. The molecule has 0 saturated carbocycles. The molecule has 0 fully saturated rings. The number of aryl methyl sites for hydroxylation is 1. The Kier molecular flexibility index (Phi) is 5.63. The quantitative estimate of drug-likeness (QED) is 0.790. The van der Waals surface area contributed by atoms with Gasteiger partial charge in [-0.3, -0.25) is 4.79 Å². The monoisotopic (exact) mass is 267 g/mol. The van der Waals surface area contributed by atoms with Crippen molar-refractivity contribution in [3.63, 3.8) is 0 Å². The average Bonchev–Trinajstić information content (AvgIpc) is 2.40. The Morgan fingerprint density at radius 3 is 2.21 bits per heavy atom. The van der Waals surface area contributed by atoms with Crippen molar-refractivity contribution in [2.75, 3.05) is 20.8 Å². The van der Waals surface area contributed by atoms with E-state index in [4.69, 9.17) is 19.9 Å². The van der Waals surface area contributed by atoms with Gasteiger partial charge in [0.2, 0.25) is 0 Å². The van der Waals surface area contributed by atoms with Crippen LogP contribution in [-0.2, 0) is 16.0 Å². The largest absolute Gasteiger partial charge is 0.496 e.